The molecule has 2 nitrogen and oxygen atoms in total. The molecule has 1 aromatic carbocycles. The molecule has 112 valence electrons. The summed E-state index contributed by atoms with van der Waals surface area (Å²) in [4.78, 5) is 1.76. The molecule has 20 heavy (non-hydrogen) atoms. The highest BCUT2D eigenvalue weighted by molar-refractivity contribution is 6.42. The highest BCUT2D eigenvalue weighted by Gasteiger charge is 2.17. The van der Waals surface area contributed by atoms with Crippen molar-refractivity contribution < 1.29 is 9.64 Å². The summed E-state index contributed by atoms with van der Waals surface area (Å²) in [7, 11) is 0. The van der Waals surface area contributed by atoms with Crippen LogP contribution in [0.1, 0.15) is 32.6 Å². The van der Waals surface area contributed by atoms with Crippen LogP contribution in [0.4, 0.5) is 0 Å². The number of halogens is 2. The van der Waals surface area contributed by atoms with Gasteiger partial charge in [-0.3, -0.25) is 0 Å². The summed E-state index contributed by atoms with van der Waals surface area (Å²) < 4.78 is 5.70. The molecule has 1 fully saturated rings. The molecule has 1 heterocycles. The van der Waals surface area contributed by atoms with Crippen molar-refractivity contribution in [3.8, 4) is 5.75 Å². The Morgan fingerprint density at radius 3 is 2.60 bits per heavy atom. The van der Waals surface area contributed by atoms with Crippen molar-refractivity contribution in [2.24, 2.45) is 5.92 Å². The fourth-order valence-corrected chi connectivity index (χ4v) is 2.94. The van der Waals surface area contributed by atoms with Gasteiger partial charge in [0.2, 0.25) is 0 Å². The van der Waals surface area contributed by atoms with Gasteiger partial charge in [-0.25, -0.2) is 0 Å². The van der Waals surface area contributed by atoms with E-state index in [9.17, 15) is 0 Å². The summed E-state index contributed by atoms with van der Waals surface area (Å²) in [5.41, 5.74) is 0. The number of benzene rings is 1. The van der Waals surface area contributed by atoms with Gasteiger partial charge in [-0.1, -0.05) is 30.1 Å². The Morgan fingerprint density at radius 2 is 1.90 bits per heavy atom. The van der Waals surface area contributed by atoms with Crippen molar-refractivity contribution in [1.29, 1.82) is 0 Å². The molecule has 0 radical (unpaired) electrons. The SMILES string of the molecule is CC1CC[NH+](CCCCOc2ccc(Cl)c(Cl)c2)CC1. The Morgan fingerprint density at radius 1 is 1.15 bits per heavy atom. The van der Waals surface area contributed by atoms with Crippen LogP contribution < -0.4 is 9.64 Å². The van der Waals surface area contributed by atoms with Gasteiger partial charge in [-0.15, -0.1) is 0 Å². The smallest absolute Gasteiger partial charge is 0.120 e. The predicted octanol–water partition coefficient (Wildman–Crippen LogP) is 3.47. The third-order valence-corrected chi connectivity index (χ3v) is 4.80. The molecule has 0 atom stereocenters. The second-order valence-corrected chi connectivity index (χ2v) is 6.63. The molecule has 0 spiro atoms. The monoisotopic (exact) mass is 316 g/mol. The van der Waals surface area contributed by atoms with E-state index >= 15 is 0 Å². The van der Waals surface area contributed by atoms with Crippen molar-refractivity contribution in [2.75, 3.05) is 26.2 Å². The van der Waals surface area contributed by atoms with Crippen LogP contribution in [0.3, 0.4) is 0 Å². The predicted molar refractivity (Wildman–Crippen MR) is 85.2 cm³/mol. The normalized spacial score (nSPS) is 22.8. The Hall–Kier alpha value is -0.440. The Kier molecular flexibility index (Phi) is 6.47. The van der Waals surface area contributed by atoms with Crippen LogP contribution in [0, 0.1) is 5.92 Å². The summed E-state index contributed by atoms with van der Waals surface area (Å²) in [6, 6.07) is 5.42. The molecule has 0 aliphatic carbocycles. The average Bonchev–Trinajstić information content (AvgIpc) is 2.44. The van der Waals surface area contributed by atoms with Crippen LogP contribution >= 0.6 is 23.2 Å². The molecule has 0 saturated carbocycles. The molecule has 1 aromatic rings. The first-order valence-electron chi connectivity index (χ1n) is 7.56. The second kappa shape index (κ2) is 8.11. The van der Waals surface area contributed by atoms with Crippen molar-refractivity contribution in [2.45, 2.75) is 32.6 Å². The lowest BCUT2D eigenvalue weighted by molar-refractivity contribution is -0.906. The van der Waals surface area contributed by atoms with E-state index in [0.29, 0.717) is 10.0 Å². The minimum Gasteiger partial charge on any atom is -0.494 e. The third-order valence-electron chi connectivity index (χ3n) is 4.07. The molecule has 1 N–H and O–H groups in total. The van der Waals surface area contributed by atoms with Gasteiger partial charge in [0.05, 0.1) is 36.3 Å². The lowest BCUT2D eigenvalue weighted by atomic mass is 9.99. The van der Waals surface area contributed by atoms with E-state index in [-0.39, 0.29) is 0 Å². The first-order valence-corrected chi connectivity index (χ1v) is 8.32. The molecule has 0 unspecified atom stereocenters. The van der Waals surface area contributed by atoms with Crippen LogP contribution in [0.25, 0.3) is 0 Å². The summed E-state index contributed by atoms with van der Waals surface area (Å²) in [6.07, 6.45) is 5.09. The zero-order valence-electron chi connectivity index (χ0n) is 12.1. The maximum atomic E-state index is 5.95. The second-order valence-electron chi connectivity index (χ2n) is 5.81. The van der Waals surface area contributed by atoms with E-state index in [4.69, 9.17) is 27.9 Å². The number of likely N-dealkylation sites (tertiary alicyclic amines) is 1. The van der Waals surface area contributed by atoms with Crippen molar-refractivity contribution >= 4 is 23.2 Å². The number of hydrogen-bond acceptors (Lipinski definition) is 1. The number of unbranched alkanes of at least 4 members (excludes halogenated alkanes) is 1. The van der Waals surface area contributed by atoms with E-state index in [1.54, 1.807) is 17.0 Å². The van der Waals surface area contributed by atoms with Gasteiger partial charge in [-0.2, -0.15) is 0 Å². The van der Waals surface area contributed by atoms with Crippen molar-refractivity contribution in [3.63, 3.8) is 0 Å². The van der Waals surface area contributed by atoms with Gasteiger partial charge in [0, 0.05) is 6.07 Å². The maximum Gasteiger partial charge on any atom is 0.120 e. The zero-order valence-corrected chi connectivity index (χ0v) is 13.6. The number of hydrogen-bond donors (Lipinski definition) is 1. The molecule has 1 aliphatic rings. The molecule has 0 amide bonds. The summed E-state index contributed by atoms with van der Waals surface area (Å²) in [5, 5.41) is 1.12. The zero-order chi connectivity index (χ0) is 14.4. The summed E-state index contributed by atoms with van der Waals surface area (Å²) >= 11 is 11.8. The van der Waals surface area contributed by atoms with Gasteiger partial charge in [0.25, 0.3) is 0 Å². The molecule has 0 aromatic heterocycles. The van der Waals surface area contributed by atoms with Gasteiger partial charge < -0.3 is 9.64 Å². The van der Waals surface area contributed by atoms with Gasteiger partial charge in [0.1, 0.15) is 5.75 Å². The van der Waals surface area contributed by atoms with Gasteiger partial charge in [-0.05, 0) is 43.7 Å². The molecule has 1 saturated heterocycles. The molecule has 0 bridgehead atoms. The molecule has 4 heteroatoms. The van der Waals surface area contributed by atoms with Crippen molar-refractivity contribution in [3.05, 3.63) is 28.2 Å². The topological polar surface area (TPSA) is 13.7 Å². The van der Waals surface area contributed by atoms with Gasteiger partial charge in [0.15, 0.2) is 0 Å². The van der Waals surface area contributed by atoms with E-state index in [0.717, 1.165) is 24.7 Å². The highest BCUT2D eigenvalue weighted by Crippen LogP contribution is 2.26. The largest absolute Gasteiger partial charge is 0.494 e. The average molecular weight is 317 g/mol. The minimum absolute atomic E-state index is 0.552. The fourth-order valence-electron chi connectivity index (χ4n) is 2.65. The minimum atomic E-state index is 0.552. The quantitative estimate of drug-likeness (QED) is 0.793. The Labute approximate surface area is 132 Å². The summed E-state index contributed by atoms with van der Waals surface area (Å²) in [5.74, 6) is 1.73. The third kappa shape index (κ3) is 5.16. The van der Waals surface area contributed by atoms with E-state index in [2.05, 4.69) is 6.92 Å². The molecular weight excluding hydrogens is 293 g/mol. The van der Waals surface area contributed by atoms with Gasteiger partial charge >= 0.3 is 0 Å². The maximum absolute atomic E-state index is 5.95. The van der Waals surface area contributed by atoms with Crippen LogP contribution in [0.2, 0.25) is 10.0 Å². The number of rotatable bonds is 6. The van der Waals surface area contributed by atoms with Crippen LogP contribution in [0.5, 0.6) is 5.75 Å². The summed E-state index contributed by atoms with van der Waals surface area (Å²) in [6.45, 7) is 7.07. The van der Waals surface area contributed by atoms with E-state index in [1.165, 1.54) is 38.9 Å². The number of piperidine rings is 1. The van der Waals surface area contributed by atoms with E-state index < -0.39 is 0 Å². The lowest BCUT2D eigenvalue weighted by Crippen LogP contribution is -3.13. The Balaban J connectivity index is 1.58. The first-order chi connectivity index (χ1) is 9.65. The molecule has 1 aliphatic heterocycles. The fraction of sp³-hybridized carbons (Fsp3) is 0.625. The Bertz CT molecular complexity index is 417. The number of quaternary nitrogens is 1. The van der Waals surface area contributed by atoms with Crippen molar-refractivity contribution in [1.82, 2.24) is 0 Å². The lowest BCUT2D eigenvalue weighted by Gasteiger charge is -2.27. The highest BCUT2D eigenvalue weighted by atomic mass is 35.5. The molecular formula is C16H24Cl2NO+. The number of ether oxygens (including phenoxy) is 1. The molecule has 2 rings (SSSR count). The van der Waals surface area contributed by atoms with Crippen LogP contribution in [-0.4, -0.2) is 26.2 Å². The standard InChI is InChI=1S/C16H23Cl2NO/c1-13-6-9-19(10-7-13)8-2-3-11-20-14-4-5-15(17)16(18)12-14/h4-5,12-13H,2-3,6-11H2,1H3/p+1. The van der Waals surface area contributed by atoms with E-state index in [1.807, 2.05) is 6.07 Å². The number of nitrogens with one attached hydrogen (secondary N) is 1. The van der Waals surface area contributed by atoms with Crippen LogP contribution in [0.15, 0.2) is 18.2 Å². The van der Waals surface area contributed by atoms with Crippen LogP contribution in [-0.2, 0) is 0 Å². The first kappa shape index (κ1) is 15.9.